The molecule has 98 valence electrons. The van der Waals surface area contributed by atoms with Crippen molar-refractivity contribution in [1.29, 1.82) is 0 Å². The predicted octanol–water partition coefficient (Wildman–Crippen LogP) is 1.06. The van der Waals surface area contributed by atoms with E-state index in [4.69, 9.17) is 4.42 Å². The molecule has 0 saturated heterocycles. The van der Waals surface area contributed by atoms with Crippen LogP contribution in [0, 0.1) is 11.8 Å². The van der Waals surface area contributed by atoms with E-state index in [9.17, 15) is 9.59 Å². The minimum Gasteiger partial charge on any atom is -0.467 e. The molecule has 0 aliphatic heterocycles. The quantitative estimate of drug-likeness (QED) is 0.793. The SMILES string of the molecule is CCCNC(=O)C1CC1C(=O)NCc1ccco1. The van der Waals surface area contributed by atoms with Gasteiger partial charge in [-0.05, 0) is 25.0 Å². The molecule has 1 aliphatic carbocycles. The second-order valence-corrected chi connectivity index (χ2v) is 4.54. The van der Waals surface area contributed by atoms with E-state index in [1.165, 1.54) is 0 Å². The summed E-state index contributed by atoms with van der Waals surface area (Å²) in [6, 6.07) is 3.58. The van der Waals surface area contributed by atoms with Gasteiger partial charge in [-0.1, -0.05) is 6.92 Å². The van der Waals surface area contributed by atoms with Crippen molar-refractivity contribution in [3.05, 3.63) is 24.2 Å². The van der Waals surface area contributed by atoms with Crippen LogP contribution >= 0.6 is 0 Å². The first-order chi connectivity index (χ1) is 8.72. The Hall–Kier alpha value is -1.78. The Bertz CT molecular complexity index is 414. The molecule has 2 N–H and O–H groups in total. The highest BCUT2D eigenvalue weighted by atomic mass is 16.3. The van der Waals surface area contributed by atoms with Crippen LogP contribution in [0.1, 0.15) is 25.5 Å². The summed E-state index contributed by atoms with van der Waals surface area (Å²) in [4.78, 5) is 23.4. The molecule has 1 aromatic rings. The Balaban J connectivity index is 1.70. The number of nitrogens with one attached hydrogen (secondary N) is 2. The van der Waals surface area contributed by atoms with Gasteiger partial charge in [0.25, 0.3) is 0 Å². The van der Waals surface area contributed by atoms with Crippen molar-refractivity contribution in [2.45, 2.75) is 26.3 Å². The molecular formula is C13H18N2O3. The van der Waals surface area contributed by atoms with Crippen molar-refractivity contribution in [3.63, 3.8) is 0 Å². The highest BCUT2D eigenvalue weighted by Crippen LogP contribution is 2.38. The molecule has 0 bridgehead atoms. The topological polar surface area (TPSA) is 71.3 Å². The van der Waals surface area contributed by atoms with Gasteiger partial charge in [0.05, 0.1) is 24.6 Å². The van der Waals surface area contributed by atoms with Gasteiger partial charge in [0.15, 0.2) is 0 Å². The molecule has 0 aromatic carbocycles. The monoisotopic (exact) mass is 250 g/mol. The maximum Gasteiger partial charge on any atom is 0.224 e. The molecule has 1 fully saturated rings. The fourth-order valence-corrected chi connectivity index (χ4v) is 1.87. The third-order valence-corrected chi connectivity index (χ3v) is 3.03. The summed E-state index contributed by atoms with van der Waals surface area (Å²) in [5, 5.41) is 5.59. The molecule has 2 unspecified atom stereocenters. The van der Waals surface area contributed by atoms with Gasteiger partial charge in [-0.3, -0.25) is 9.59 Å². The van der Waals surface area contributed by atoms with E-state index in [1.807, 2.05) is 6.92 Å². The fourth-order valence-electron chi connectivity index (χ4n) is 1.87. The second-order valence-electron chi connectivity index (χ2n) is 4.54. The van der Waals surface area contributed by atoms with Crippen molar-refractivity contribution in [2.24, 2.45) is 11.8 Å². The summed E-state index contributed by atoms with van der Waals surface area (Å²) in [5.74, 6) is 0.332. The molecule has 1 aliphatic rings. The molecule has 2 atom stereocenters. The molecule has 1 aromatic heterocycles. The zero-order valence-corrected chi connectivity index (χ0v) is 10.4. The van der Waals surface area contributed by atoms with Crippen molar-refractivity contribution in [3.8, 4) is 0 Å². The van der Waals surface area contributed by atoms with Crippen LogP contribution in [0.25, 0.3) is 0 Å². The fraction of sp³-hybridized carbons (Fsp3) is 0.538. The van der Waals surface area contributed by atoms with Crippen molar-refractivity contribution in [2.75, 3.05) is 6.54 Å². The van der Waals surface area contributed by atoms with Crippen molar-refractivity contribution in [1.82, 2.24) is 10.6 Å². The van der Waals surface area contributed by atoms with E-state index in [-0.39, 0.29) is 23.7 Å². The van der Waals surface area contributed by atoms with Crippen LogP contribution in [0.4, 0.5) is 0 Å². The number of amides is 2. The van der Waals surface area contributed by atoms with Gasteiger partial charge in [-0.25, -0.2) is 0 Å². The van der Waals surface area contributed by atoms with Crippen LogP contribution in [0.15, 0.2) is 22.8 Å². The van der Waals surface area contributed by atoms with Gasteiger partial charge >= 0.3 is 0 Å². The molecule has 1 heterocycles. The van der Waals surface area contributed by atoms with Gasteiger partial charge in [0.1, 0.15) is 5.76 Å². The molecule has 1 saturated carbocycles. The molecular weight excluding hydrogens is 232 g/mol. The van der Waals surface area contributed by atoms with Gasteiger partial charge in [0.2, 0.25) is 11.8 Å². The van der Waals surface area contributed by atoms with Crippen LogP contribution in [-0.2, 0) is 16.1 Å². The average Bonchev–Trinajstić information content (AvgIpc) is 3.01. The smallest absolute Gasteiger partial charge is 0.224 e. The molecule has 5 nitrogen and oxygen atoms in total. The van der Waals surface area contributed by atoms with E-state index < -0.39 is 0 Å². The lowest BCUT2D eigenvalue weighted by Crippen LogP contribution is -2.30. The first-order valence-corrected chi connectivity index (χ1v) is 6.30. The number of hydrogen-bond acceptors (Lipinski definition) is 3. The van der Waals surface area contributed by atoms with Crippen LogP contribution in [0.5, 0.6) is 0 Å². The van der Waals surface area contributed by atoms with Gasteiger partial charge < -0.3 is 15.1 Å². The molecule has 2 amide bonds. The number of carbonyl (C=O) groups is 2. The number of rotatable bonds is 6. The lowest BCUT2D eigenvalue weighted by atomic mass is 10.2. The molecule has 2 rings (SSSR count). The third-order valence-electron chi connectivity index (χ3n) is 3.03. The number of furan rings is 1. The maximum atomic E-state index is 11.8. The Morgan fingerprint density at radius 1 is 1.33 bits per heavy atom. The Kier molecular flexibility index (Phi) is 4.02. The zero-order chi connectivity index (χ0) is 13.0. The van der Waals surface area contributed by atoms with E-state index in [1.54, 1.807) is 18.4 Å². The van der Waals surface area contributed by atoms with Crippen molar-refractivity contribution < 1.29 is 14.0 Å². The highest BCUT2D eigenvalue weighted by molar-refractivity contribution is 5.92. The van der Waals surface area contributed by atoms with Crippen molar-refractivity contribution >= 4 is 11.8 Å². The molecule has 0 radical (unpaired) electrons. The summed E-state index contributed by atoms with van der Waals surface area (Å²) in [6.07, 6.45) is 3.13. The van der Waals surface area contributed by atoms with Crippen LogP contribution in [-0.4, -0.2) is 18.4 Å². The second kappa shape index (κ2) is 5.71. The van der Waals surface area contributed by atoms with E-state index in [0.717, 1.165) is 12.2 Å². The normalized spacial score (nSPS) is 21.4. The summed E-state index contributed by atoms with van der Waals surface area (Å²) in [5.41, 5.74) is 0. The van der Waals surface area contributed by atoms with Crippen LogP contribution < -0.4 is 10.6 Å². The van der Waals surface area contributed by atoms with Gasteiger partial charge in [-0.2, -0.15) is 0 Å². The summed E-state index contributed by atoms with van der Waals surface area (Å²) in [6.45, 7) is 3.06. The Morgan fingerprint density at radius 3 is 2.67 bits per heavy atom. The molecule has 18 heavy (non-hydrogen) atoms. The van der Waals surface area contributed by atoms with Crippen LogP contribution in [0.2, 0.25) is 0 Å². The lowest BCUT2D eigenvalue weighted by molar-refractivity contribution is -0.127. The first-order valence-electron chi connectivity index (χ1n) is 6.30. The lowest BCUT2D eigenvalue weighted by Gasteiger charge is -2.04. The minimum absolute atomic E-state index is 0.00463. The summed E-state index contributed by atoms with van der Waals surface area (Å²) >= 11 is 0. The molecule has 0 spiro atoms. The highest BCUT2D eigenvalue weighted by Gasteiger charge is 2.47. The predicted molar refractivity (Wildman–Crippen MR) is 65.5 cm³/mol. The summed E-state index contributed by atoms with van der Waals surface area (Å²) < 4.78 is 5.12. The minimum atomic E-state index is -0.170. The maximum absolute atomic E-state index is 11.8. The van der Waals surface area contributed by atoms with E-state index in [0.29, 0.717) is 19.5 Å². The van der Waals surface area contributed by atoms with Gasteiger partial charge in [-0.15, -0.1) is 0 Å². The Morgan fingerprint density at radius 2 is 2.06 bits per heavy atom. The summed E-state index contributed by atoms with van der Waals surface area (Å²) in [7, 11) is 0. The largest absolute Gasteiger partial charge is 0.467 e. The Labute approximate surface area is 106 Å². The van der Waals surface area contributed by atoms with E-state index in [2.05, 4.69) is 10.6 Å². The molecule has 5 heteroatoms. The van der Waals surface area contributed by atoms with E-state index >= 15 is 0 Å². The number of hydrogen-bond donors (Lipinski definition) is 2. The van der Waals surface area contributed by atoms with Crippen LogP contribution in [0.3, 0.4) is 0 Å². The average molecular weight is 250 g/mol. The standard InChI is InChI=1S/C13H18N2O3/c1-2-5-14-12(16)10-7-11(10)13(17)15-8-9-4-3-6-18-9/h3-4,6,10-11H,2,5,7-8H2,1H3,(H,14,16)(H,15,17). The van der Waals surface area contributed by atoms with Gasteiger partial charge in [0, 0.05) is 6.54 Å². The first kappa shape index (κ1) is 12.7. The third kappa shape index (κ3) is 3.12. The number of carbonyl (C=O) groups excluding carboxylic acids is 2. The zero-order valence-electron chi connectivity index (χ0n) is 10.4.